The van der Waals surface area contributed by atoms with Gasteiger partial charge in [-0.3, -0.25) is 19.3 Å². The molecule has 4 atom stereocenters. The summed E-state index contributed by atoms with van der Waals surface area (Å²) in [7, 11) is 0. The number of nitrogens with zero attached hydrogens (tertiary/aromatic N) is 1. The molecule has 2 fully saturated rings. The zero-order valence-electron chi connectivity index (χ0n) is 23.9. The van der Waals surface area contributed by atoms with E-state index in [4.69, 9.17) is 19.3 Å². The molecule has 0 spiro atoms. The van der Waals surface area contributed by atoms with Crippen molar-refractivity contribution in [2.75, 3.05) is 18.4 Å². The highest BCUT2D eigenvalue weighted by Gasteiger charge is 2.39. The minimum absolute atomic E-state index is 0.0494. The van der Waals surface area contributed by atoms with Crippen molar-refractivity contribution in [2.24, 2.45) is 0 Å². The second-order valence-corrected chi connectivity index (χ2v) is 11.6. The van der Waals surface area contributed by atoms with Gasteiger partial charge in [-0.05, 0) is 63.4 Å². The van der Waals surface area contributed by atoms with Crippen LogP contribution in [0.15, 0.2) is 48.5 Å². The number of hydrogen-bond acceptors (Lipinski definition) is 8. The Bertz CT molecular complexity index is 1210. The number of carbonyl (C=O) groups is 3. The fourth-order valence-corrected chi connectivity index (χ4v) is 5.18. The number of anilines is 1. The van der Waals surface area contributed by atoms with Gasteiger partial charge in [-0.15, -0.1) is 0 Å². The Morgan fingerprint density at radius 3 is 2.49 bits per heavy atom. The molecule has 0 bridgehead atoms. The van der Waals surface area contributed by atoms with E-state index < -0.39 is 23.8 Å². The number of benzene rings is 2. The zero-order valence-corrected chi connectivity index (χ0v) is 23.9. The normalized spacial score (nSPS) is 23.2. The monoisotopic (exact) mass is 568 g/mol. The van der Waals surface area contributed by atoms with Gasteiger partial charge in [0, 0.05) is 30.6 Å². The Morgan fingerprint density at radius 2 is 1.80 bits per heavy atom. The third kappa shape index (κ3) is 8.84. The molecule has 3 N–H and O–H groups in total. The largest absolute Gasteiger partial charge is 0.481 e. The lowest BCUT2D eigenvalue weighted by atomic mass is 9.99. The fraction of sp³-hybridized carbons (Fsp3) is 0.516. The topological polar surface area (TPSA) is 135 Å². The van der Waals surface area contributed by atoms with Crippen molar-refractivity contribution in [3.8, 4) is 0 Å². The van der Waals surface area contributed by atoms with Crippen LogP contribution >= 0.6 is 0 Å². The lowest BCUT2D eigenvalue weighted by molar-refractivity contribution is -0.253. The zero-order chi connectivity index (χ0) is 29.6. The van der Waals surface area contributed by atoms with Crippen LogP contribution in [0.25, 0.3) is 0 Å². The molecule has 2 heterocycles. The van der Waals surface area contributed by atoms with Crippen molar-refractivity contribution in [2.45, 2.75) is 89.6 Å². The molecule has 41 heavy (non-hydrogen) atoms. The fourth-order valence-electron chi connectivity index (χ4n) is 5.18. The molecule has 0 radical (unpaired) electrons. The number of likely N-dealkylation sites (tertiary alicyclic amines) is 1. The van der Waals surface area contributed by atoms with Crippen LogP contribution in [0, 0.1) is 0 Å². The molecule has 0 saturated carbocycles. The first-order valence-corrected chi connectivity index (χ1v) is 14.1. The molecule has 2 aliphatic heterocycles. The summed E-state index contributed by atoms with van der Waals surface area (Å²) < 4.78 is 18.6. The quantitative estimate of drug-likeness (QED) is 0.358. The molecule has 2 aliphatic rings. The lowest BCUT2D eigenvalue weighted by Crippen LogP contribution is -2.45. The van der Waals surface area contributed by atoms with E-state index in [-0.39, 0.29) is 43.7 Å². The maximum absolute atomic E-state index is 12.9. The van der Waals surface area contributed by atoms with Crippen LogP contribution < -0.4 is 5.32 Å². The predicted molar refractivity (Wildman–Crippen MR) is 151 cm³/mol. The molecule has 10 heteroatoms. The summed E-state index contributed by atoms with van der Waals surface area (Å²) in [6.07, 6.45) is 0.519. The maximum Gasteiger partial charge on any atom is 0.323 e. The van der Waals surface area contributed by atoms with Crippen molar-refractivity contribution in [1.29, 1.82) is 0 Å². The lowest BCUT2D eigenvalue weighted by Gasteiger charge is -2.38. The first-order chi connectivity index (χ1) is 19.5. The van der Waals surface area contributed by atoms with Crippen molar-refractivity contribution < 1.29 is 38.8 Å². The molecule has 10 nitrogen and oxygen atoms in total. The highest BCUT2D eigenvalue weighted by molar-refractivity contribution is 5.92. The second-order valence-electron chi connectivity index (χ2n) is 11.6. The molecular formula is C31H40N2O8. The standard InChI is InChI=1S/C31H40N2O8/c1-31(2,3)41-29(38)25-8-5-15-33(25)18-24-17-26(21-11-9-20(19-34)10-12-21)40-30(39-24)22-6-4-7-23(16-22)32-27(35)13-14-28(36)37/h4,6-7,9-12,16,24-26,30,34H,5,8,13-15,17-19H2,1-3H3,(H,32,35)(H,36,37)/t24-,25-,26+,30+/m0/s1. The van der Waals surface area contributed by atoms with E-state index >= 15 is 0 Å². The number of hydrogen-bond donors (Lipinski definition) is 3. The van der Waals surface area contributed by atoms with Gasteiger partial charge in [-0.25, -0.2) is 0 Å². The van der Waals surface area contributed by atoms with Gasteiger partial charge in [0.1, 0.15) is 11.6 Å². The van der Waals surface area contributed by atoms with Crippen LogP contribution in [0.1, 0.15) is 82.0 Å². The number of carboxylic acid groups (broad SMARTS) is 1. The molecule has 0 unspecified atom stereocenters. The Labute approximate surface area is 240 Å². The first kappa shape index (κ1) is 30.6. The van der Waals surface area contributed by atoms with Crippen LogP contribution in [0.5, 0.6) is 0 Å². The van der Waals surface area contributed by atoms with Gasteiger partial charge >= 0.3 is 11.9 Å². The number of ether oxygens (including phenoxy) is 3. The van der Waals surface area contributed by atoms with Gasteiger partial charge in [0.15, 0.2) is 6.29 Å². The van der Waals surface area contributed by atoms with E-state index in [1.807, 2.05) is 51.1 Å². The summed E-state index contributed by atoms with van der Waals surface area (Å²) in [4.78, 5) is 38.1. The number of esters is 1. The Balaban J connectivity index is 1.53. The van der Waals surface area contributed by atoms with Crippen molar-refractivity contribution in [3.05, 3.63) is 65.2 Å². The third-order valence-electron chi connectivity index (χ3n) is 7.10. The highest BCUT2D eigenvalue weighted by Crippen LogP contribution is 2.39. The van der Waals surface area contributed by atoms with E-state index in [0.717, 1.165) is 30.5 Å². The SMILES string of the molecule is CC(C)(C)OC(=O)[C@@H]1CCCN1C[C@@H]1C[C@H](c2ccc(CO)cc2)O[C@H](c2cccc(NC(=O)CCC(=O)O)c2)O1. The van der Waals surface area contributed by atoms with Gasteiger partial charge in [0.05, 0.1) is 25.2 Å². The van der Waals surface area contributed by atoms with E-state index in [1.165, 1.54) is 0 Å². The minimum Gasteiger partial charge on any atom is -0.481 e. The number of aliphatic hydroxyl groups excluding tert-OH is 1. The van der Waals surface area contributed by atoms with Crippen LogP contribution in [-0.4, -0.2) is 63.8 Å². The van der Waals surface area contributed by atoms with Gasteiger partial charge in [-0.1, -0.05) is 36.4 Å². The van der Waals surface area contributed by atoms with Crippen molar-refractivity contribution >= 4 is 23.5 Å². The summed E-state index contributed by atoms with van der Waals surface area (Å²) in [6.45, 7) is 6.85. The first-order valence-electron chi connectivity index (χ1n) is 14.1. The Morgan fingerprint density at radius 1 is 1.05 bits per heavy atom. The van der Waals surface area contributed by atoms with Gasteiger partial charge < -0.3 is 29.7 Å². The van der Waals surface area contributed by atoms with E-state index in [9.17, 15) is 19.5 Å². The molecule has 2 aromatic rings. The Kier molecular flexibility index (Phi) is 10.1. The molecule has 1 amide bonds. The number of aliphatic hydroxyl groups is 1. The summed E-state index contributed by atoms with van der Waals surface area (Å²) in [5.74, 6) is -1.65. The number of aliphatic carboxylic acids is 1. The van der Waals surface area contributed by atoms with Crippen molar-refractivity contribution in [3.63, 3.8) is 0 Å². The van der Waals surface area contributed by atoms with Gasteiger partial charge in [0.25, 0.3) is 0 Å². The van der Waals surface area contributed by atoms with E-state index in [0.29, 0.717) is 24.2 Å². The van der Waals surface area contributed by atoms with Crippen LogP contribution in [0.4, 0.5) is 5.69 Å². The molecule has 2 saturated heterocycles. The molecule has 4 rings (SSSR count). The smallest absolute Gasteiger partial charge is 0.323 e. The minimum atomic E-state index is -1.03. The molecule has 2 aromatic carbocycles. The summed E-state index contributed by atoms with van der Waals surface area (Å²) in [5.41, 5.74) is 2.40. The Hall–Kier alpha value is -3.31. The van der Waals surface area contributed by atoms with Gasteiger partial charge in [0.2, 0.25) is 5.91 Å². The van der Waals surface area contributed by atoms with Crippen LogP contribution in [0.3, 0.4) is 0 Å². The van der Waals surface area contributed by atoms with Gasteiger partial charge in [-0.2, -0.15) is 0 Å². The average molecular weight is 569 g/mol. The van der Waals surface area contributed by atoms with Crippen molar-refractivity contribution in [1.82, 2.24) is 4.90 Å². The number of nitrogens with one attached hydrogen (secondary N) is 1. The highest BCUT2D eigenvalue weighted by atomic mass is 16.7. The molecule has 0 aliphatic carbocycles. The number of carbonyl (C=O) groups excluding carboxylic acids is 2. The molecular weight excluding hydrogens is 528 g/mol. The molecule has 222 valence electrons. The predicted octanol–water partition coefficient (Wildman–Crippen LogP) is 4.33. The number of rotatable bonds is 10. The van der Waals surface area contributed by atoms with Crippen LogP contribution in [-0.2, 0) is 35.2 Å². The number of carboxylic acids is 1. The maximum atomic E-state index is 12.9. The van der Waals surface area contributed by atoms with E-state index in [1.54, 1.807) is 18.2 Å². The number of amides is 1. The third-order valence-corrected chi connectivity index (χ3v) is 7.10. The van der Waals surface area contributed by atoms with E-state index in [2.05, 4.69) is 10.2 Å². The average Bonchev–Trinajstić information content (AvgIpc) is 3.39. The van der Waals surface area contributed by atoms with Crippen LogP contribution in [0.2, 0.25) is 0 Å². The molecule has 0 aromatic heterocycles. The summed E-state index contributed by atoms with van der Waals surface area (Å²) >= 11 is 0. The summed E-state index contributed by atoms with van der Waals surface area (Å²) in [6, 6.07) is 14.4. The summed E-state index contributed by atoms with van der Waals surface area (Å²) in [5, 5.41) is 21.1. The second kappa shape index (κ2) is 13.6.